The van der Waals surface area contributed by atoms with Crippen LogP contribution < -0.4 is 0 Å². The maximum atomic E-state index is 11.6. The zero-order chi connectivity index (χ0) is 8.29. The smallest absolute Gasteiger partial charge is 0.139 e. The third kappa shape index (κ3) is 0.634. The molecule has 3 aliphatic carbocycles. The Bertz CT molecular complexity index is 236. The van der Waals surface area contributed by atoms with Crippen molar-refractivity contribution >= 4 is 5.78 Å². The Morgan fingerprint density at radius 3 is 2.58 bits per heavy atom. The van der Waals surface area contributed by atoms with Gasteiger partial charge in [-0.2, -0.15) is 0 Å². The van der Waals surface area contributed by atoms with Crippen molar-refractivity contribution in [1.82, 2.24) is 0 Å². The van der Waals surface area contributed by atoms with Crippen LogP contribution in [0, 0.1) is 23.7 Å². The Morgan fingerprint density at radius 2 is 1.83 bits per heavy atom. The van der Waals surface area contributed by atoms with E-state index in [2.05, 4.69) is 0 Å². The molecule has 0 heterocycles. The van der Waals surface area contributed by atoms with Crippen LogP contribution in [-0.2, 0) is 4.79 Å². The number of Topliss-reactive ketones (excluding diaryl/α,β-unsaturated/α-hetero) is 1. The summed E-state index contributed by atoms with van der Waals surface area (Å²) in [6, 6.07) is 0. The van der Waals surface area contributed by atoms with Crippen LogP contribution in [0.4, 0.5) is 0 Å². The van der Waals surface area contributed by atoms with E-state index in [-0.39, 0.29) is 12.0 Å². The van der Waals surface area contributed by atoms with Crippen LogP contribution in [0.15, 0.2) is 0 Å². The average Bonchev–Trinajstić information content (AvgIpc) is 2.66. The molecule has 0 aromatic carbocycles. The molecule has 2 heteroatoms. The van der Waals surface area contributed by atoms with Crippen LogP contribution in [-0.4, -0.2) is 17.0 Å². The summed E-state index contributed by atoms with van der Waals surface area (Å²) in [5.74, 6) is 1.99. The lowest BCUT2D eigenvalue weighted by atomic mass is 9.81. The SMILES string of the molecule is O=C1[C@H]2CC[C@@H]1[C@@H]1CC[C@H](O)[C@@H]12. The van der Waals surface area contributed by atoms with E-state index in [1.54, 1.807) is 0 Å². The highest BCUT2D eigenvalue weighted by Crippen LogP contribution is 2.56. The van der Waals surface area contributed by atoms with E-state index >= 15 is 0 Å². The molecule has 3 saturated carbocycles. The second kappa shape index (κ2) is 2.11. The third-order valence-electron chi connectivity index (χ3n) is 4.24. The van der Waals surface area contributed by atoms with Gasteiger partial charge in [0.2, 0.25) is 0 Å². The fourth-order valence-electron chi connectivity index (χ4n) is 3.80. The maximum Gasteiger partial charge on any atom is 0.139 e. The van der Waals surface area contributed by atoms with E-state index < -0.39 is 0 Å². The number of carbonyl (C=O) groups excluding carboxylic acids is 1. The molecule has 0 aromatic heterocycles. The van der Waals surface area contributed by atoms with Gasteiger partial charge < -0.3 is 5.11 Å². The van der Waals surface area contributed by atoms with Crippen molar-refractivity contribution in [3.05, 3.63) is 0 Å². The molecule has 3 fully saturated rings. The molecule has 3 aliphatic rings. The molecule has 0 amide bonds. The first-order chi connectivity index (χ1) is 5.79. The van der Waals surface area contributed by atoms with Gasteiger partial charge >= 0.3 is 0 Å². The Balaban J connectivity index is 1.98. The lowest BCUT2D eigenvalue weighted by molar-refractivity contribution is -0.122. The van der Waals surface area contributed by atoms with Crippen LogP contribution in [0.2, 0.25) is 0 Å². The van der Waals surface area contributed by atoms with Gasteiger partial charge in [0.1, 0.15) is 5.78 Å². The van der Waals surface area contributed by atoms with Gasteiger partial charge in [-0.25, -0.2) is 0 Å². The largest absolute Gasteiger partial charge is 0.393 e. The molecule has 0 spiro atoms. The quantitative estimate of drug-likeness (QED) is 0.582. The van der Waals surface area contributed by atoms with Crippen LogP contribution >= 0.6 is 0 Å². The van der Waals surface area contributed by atoms with Crippen LogP contribution in [0.1, 0.15) is 25.7 Å². The van der Waals surface area contributed by atoms with Crippen molar-refractivity contribution in [1.29, 1.82) is 0 Å². The summed E-state index contributed by atoms with van der Waals surface area (Å²) in [6.07, 6.45) is 4.04. The first-order valence-corrected chi connectivity index (χ1v) is 5.01. The number of rotatable bonds is 0. The highest BCUT2D eigenvalue weighted by molar-refractivity contribution is 5.88. The van der Waals surface area contributed by atoms with E-state index in [1.165, 1.54) is 0 Å². The summed E-state index contributed by atoms with van der Waals surface area (Å²) >= 11 is 0. The standard InChI is InChI=1S/C10H14O2/c11-8-4-3-5-6-1-2-7(9(5)8)10(6)12/h5-9,11H,1-4H2/t5-,6+,7-,8-,9-/m0/s1. The molecule has 2 nitrogen and oxygen atoms in total. The first kappa shape index (κ1) is 7.07. The molecule has 12 heavy (non-hydrogen) atoms. The van der Waals surface area contributed by atoms with Crippen molar-refractivity contribution < 1.29 is 9.90 Å². The van der Waals surface area contributed by atoms with E-state index in [9.17, 15) is 9.90 Å². The normalized spacial score (nSPS) is 56.4. The molecule has 0 unspecified atom stereocenters. The Kier molecular flexibility index (Phi) is 1.24. The minimum Gasteiger partial charge on any atom is -0.393 e. The second-order valence-electron chi connectivity index (χ2n) is 4.58. The lowest BCUT2D eigenvalue weighted by Gasteiger charge is -2.24. The van der Waals surface area contributed by atoms with Gasteiger partial charge in [0, 0.05) is 11.8 Å². The molecule has 66 valence electrons. The number of carbonyl (C=O) groups is 1. The predicted octanol–water partition coefficient (Wildman–Crippen LogP) is 0.982. The molecule has 3 rings (SSSR count). The van der Waals surface area contributed by atoms with Crippen molar-refractivity contribution in [2.75, 3.05) is 0 Å². The molecular weight excluding hydrogens is 152 g/mol. The van der Waals surface area contributed by atoms with Crippen molar-refractivity contribution in [3.8, 4) is 0 Å². The lowest BCUT2D eigenvalue weighted by Crippen LogP contribution is -2.25. The zero-order valence-corrected chi connectivity index (χ0v) is 7.07. The number of ketones is 1. The van der Waals surface area contributed by atoms with Crippen LogP contribution in [0.25, 0.3) is 0 Å². The monoisotopic (exact) mass is 166 g/mol. The molecule has 5 atom stereocenters. The summed E-state index contributed by atoms with van der Waals surface area (Å²) < 4.78 is 0. The Hall–Kier alpha value is -0.370. The molecule has 1 N–H and O–H groups in total. The van der Waals surface area contributed by atoms with Gasteiger partial charge in [-0.05, 0) is 37.5 Å². The average molecular weight is 166 g/mol. The van der Waals surface area contributed by atoms with Gasteiger partial charge in [-0.3, -0.25) is 4.79 Å². The number of fused-ring (bicyclic) bond motifs is 5. The summed E-state index contributed by atoms with van der Waals surface area (Å²) in [5.41, 5.74) is 0. The molecule has 2 bridgehead atoms. The van der Waals surface area contributed by atoms with Crippen LogP contribution in [0.5, 0.6) is 0 Å². The molecule has 0 radical (unpaired) electrons. The van der Waals surface area contributed by atoms with Crippen molar-refractivity contribution in [3.63, 3.8) is 0 Å². The number of aliphatic hydroxyl groups excluding tert-OH is 1. The second-order valence-corrected chi connectivity index (χ2v) is 4.58. The third-order valence-corrected chi connectivity index (χ3v) is 4.24. The minimum atomic E-state index is -0.158. The Morgan fingerprint density at radius 1 is 1.08 bits per heavy atom. The topological polar surface area (TPSA) is 37.3 Å². The van der Waals surface area contributed by atoms with Gasteiger partial charge in [0.05, 0.1) is 6.10 Å². The van der Waals surface area contributed by atoms with E-state index in [0.29, 0.717) is 23.5 Å². The van der Waals surface area contributed by atoms with Crippen molar-refractivity contribution in [2.45, 2.75) is 31.8 Å². The molecule has 0 saturated heterocycles. The highest BCUT2D eigenvalue weighted by atomic mass is 16.3. The van der Waals surface area contributed by atoms with E-state index in [4.69, 9.17) is 0 Å². The van der Waals surface area contributed by atoms with Gasteiger partial charge in [0.15, 0.2) is 0 Å². The van der Waals surface area contributed by atoms with E-state index in [1.807, 2.05) is 0 Å². The minimum absolute atomic E-state index is 0.158. The van der Waals surface area contributed by atoms with Crippen molar-refractivity contribution in [2.24, 2.45) is 23.7 Å². The fourth-order valence-corrected chi connectivity index (χ4v) is 3.80. The van der Waals surface area contributed by atoms with Crippen LogP contribution in [0.3, 0.4) is 0 Å². The zero-order valence-electron chi connectivity index (χ0n) is 7.07. The molecule has 0 aliphatic heterocycles. The first-order valence-electron chi connectivity index (χ1n) is 5.01. The number of hydrogen-bond donors (Lipinski definition) is 1. The van der Waals surface area contributed by atoms with Gasteiger partial charge in [-0.1, -0.05) is 0 Å². The van der Waals surface area contributed by atoms with Gasteiger partial charge in [-0.15, -0.1) is 0 Å². The Labute approximate surface area is 72.0 Å². The predicted molar refractivity (Wildman–Crippen MR) is 43.4 cm³/mol. The van der Waals surface area contributed by atoms with Gasteiger partial charge in [0.25, 0.3) is 0 Å². The van der Waals surface area contributed by atoms with E-state index in [0.717, 1.165) is 25.7 Å². The molecular formula is C10H14O2. The summed E-state index contributed by atoms with van der Waals surface area (Å²) in [5, 5.41) is 9.69. The summed E-state index contributed by atoms with van der Waals surface area (Å²) in [4.78, 5) is 11.6. The fraction of sp³-hybridized carbons (Fsp3) is 0.900. The molecule has 0 aromatic rings. The summed E-state index contributed by atoms with van der Waals surface area (Å²) in [7, 11) is 0. The highest BCUT2D eigenvalue weighted by Gasteiger charge is 2.58. The maximum absolute atomic E-state index is 11.6. The number of hydrogen-bond acceptors (Lipinski definition) is 2. The number of aliphatic hydroxyl groups is 1. The summed E-state index contributed by atoms with van der Waals surface area (Å²) in [6.45, 7) is 0.